The minimum absolute atomic E-state index is 0.203. The lowest BCUT2D eigenvalue weighted by Gasteiger charge is -2.38. The molecule has 2 amide bonds. The van der Waals surface area contributed by atoms with Crippen LogP contribution >= 0.6 is 0 Å². The highest BCUT2D eigenvalue weighted by atomic mass is 16.6. The quantitative estimate of drug-likeness (QED) is 0.576. The Kier molecular flexibility index (Phi) is 8.87. The smallest absolute Gasteiger partial charge is 0.410 e. The molecule has 0 radical (unpaired) electrons. The van der Waals surface area contributed by atoms with Crippen LogP contribution in [0.15, 0.2) is 30.3 Å². The molecule has 0 aromatic heterocycles. The maximum atomic E-state index is 13.0. The topological polar surface area (TPSA) is 53.1 Å². The molecule has 2 heterocycles. The number of piperidine rings is 1. The number of likely N-dealkylation sites (tertiary alicyclic amines) is 2. The first kappa shape index (κ1) is 25.0. The predicted molar refractivity (Wildman–Crippen MR) is 134 cm³/mol. The lowest BCUT2D eigenvalue weighted by atomic mass is 9.88. The summed E-state index contributed by atoms with van der Waals surface area (Å²) in [6, 6.07) is 10.1. The van der Waals surface area contributed by atoms with Gasteiger partial charge in [0.05, 0.1) is 0 Å². The van der Waals surface area contributed by atoms with Gasteiger partial charge in [0.15, 0.2) is 0 Å². The number of carbonyl (C=O) groups excluding carboxylic acids is 2. The van der Waals surface area contributed by atoms with Crippen LogP contribution in [-0.4, -0.2) is 72.0 Å². The maximum Gasteiger partial charge on any atom is 0.410 e. The Bertz CT molecular complexity index is 787. The zero-order valence-corrected chi connectivity index (χ0v) is 21.2. The second kappa shape index (κ2) is 12.1. The molecule has 1 saturated carbocycles. The molecule has 3 aliphatic rings. The maximum absolute atomic E-state index is 13.0. The van der Waals surface area contributed by atoms with Gasteiger partial charge in [-0.05, 0) is 50.0 Å². The van der Waals surface area contributed by atoms with E-state index in [4.69, 9.17) is 4.74 Å². The van der Waals surface area contributed by atoms with Crippen LogP contribution in [0.5, 0.6) is 0 Å². The van der Waals surface area contributed by atoms with E-state index in [1.807, 2.05) is 42.2 Å². The molecule has 2 atom stereocenters. The summed E-state index contributed by atoms with van der Waals surface area (Å²) in [5, 5.41) is 0. The van der Waals surface area contributed by atoms with Crippen molar-refractivity contribution in [2.45, 2.75) is 71.4 Å². The van der Waals surface area contributed by atoms with Crippen LogP contribution in [-0.2, 0) is 16.1 Å². The predicted octanol–water partition coefficient (Wildman–Crippen LogP) is 4.78. The third kappa shape index (κ3) is 6.32. The number of amides is 2. The van der Waals surface area contributed by atoms with Crippen molar-refractivity contribution in [3.8, 4) is 0 Å². The van der Waals surface area contributed by atoms with Crippen molar-refractivity contribution in [2.24, 2.45) is 17.8 Å². The average Bonchev–Trinajstić information content (AvgIpc) is 3.24. The molecule has 1 aliphatic carbocycles. The molecule has 6 heteroatoms. The molecule has 0 N–H and O–H groups in total. The van der Waals surface area contributed by atoms with Gasteiger partial charge in [0.25, 0.3) is 0 Å². The third-order valence-electron chi connectivity index (χ3n) is 8.31. The molecule has 2 aliphatic heterocycles. The first-order chi connectivity index (χ1) is 16.5. The van der Waals surface area contributed by atoms with Gasteiger partial charge < -0.3 is 19.4 Å². The van der Waals surface area contributed by atoms with Crippen molar-refractivity contribution in [3.05, 3.63) is 35.9 Å². The van der Waals surface area contributed by atoms with Gasteiger partial charge in [-0.3, -0.25) is 4.79 Å². The number of benzene rings is 1. The number of ether oxygens (including phenoxy) is 1. The highest BCUT2D eigenvalue weighted by Gasteiger charge is 2.37. The molecular weight excluding hydrogens is 426 g/mol. The van der Waals surface area contributed by atoms with Crippen LogP contribution in [0.1, 0.15) is 64.4 Å². The first-order valence-corrected chi connectivity index (χ1v) is 13.5. The molecule has 188 valence electrons. The van der Waals surface area contributed by atoms with Crippen LogP contribution in [0.4, 0.5) is 4.79 Å². The Balaban J connectivity index is 1.21. The van der Waals surface area contributed by atoms with Gasteiger partial charge in [-0.2, -0.15) is 0 Å². The minimum atomic E-state index is -0.203. The van der Waals surface area contributed by atoms with E-state index in [9.17, 15) is 9.59 Å². The number of carbonyl (C=O) groups is 2. The lowest BCUT2D eigenvalue weighted by molar-refractivity contribution is -0.135. The van der Waals surface area contributed by atoms with Crippen LogP contribution in [0.25, 0.3) is 0 Å². The van der Waals surface area contributed by atoms with Crippen molar-refractivity contribution in [3.63, 3.8) is 0 Å². The summed E-state index contributed by atoms with van der Waals surface area (Å²) in [6.45, 7) is 10.3. The second-order valence-corrected chi connectivity index (χ2v) is 10.7. The molecule has 0 spiro atoms. The van der Waals surface area contributed by atoms with Crippen LogP contribution in [0.2, 0.25) is 0 Å². The lowest BCUT2D eigenvalue weighted by Crippen LogP contribution is -2.48. The summed E-state index contributed by atoms with van der Waals surface area (Å²) in [6.07, 6.45) is 7.66. The molecule has 1 unspecified atom stereocenters. The largest absolute Gasteiger partial charge is 0.445 e. The van der Waals surface area contributed by atoms with E-state index in [1.54, 1.807) is 0 Å². The summed E-state index contributed by atoms with van der Waals surface area (Å²) in [4.78, 5) is 32.4. The van der Waals surface area contributed by atoms with E-state index in [0.29, 0.717) is 30.9 Å². The molecular formula is C28H43N3O3. The Morgan fingerprint density at radius 3 is 2.38 bits per heavy atom. The van der Waals surface area contributed by atoms with Gasteiger partial charge in [-0.15, -0.1) is 0 Å². The SMILES string of the molecule is CCN(C(=O)OCc1ccccc1)C1CCN(C[C@H]2CN(C(=O)C3CCCCC3)CC2C)CC1. The number of hydrogen-bond donors (Lipinski definition) is 0. The van der Waals surface area contributed by atoms with Crippen molar-refractivity contribution < 1.29 is 14.3 Å². The highest BCUT2D eigenvalue weighted by molar-refractivity contribution is 5.79. The fraction of sp³-hybridized carbons (Fsp3) is 0.714. The van der Waals surface area contributed by atoms with Gasteiger partial charge in [-0.1, -0.05) is 56.5 Å². The molecule has 1 aromatic carbocycles. The van der Waals surface area contributed by atoms with Crippen molar-refractivity contribution in [1.29, 1.82) is 0 Å². The summed E-state index contributed by atoms with van der Waals surface area (Å²) >= 11 is 0. The van der Waals surface area contributed by atoms with Crippen LogP contribution in [0.3, 0.4) is 0 Å². The van der Waals surface area contributed by atoms with E-state index in [2.05, 4.69) is 16.7 Å². The Morgan fingerprint density at radius 2 is 1.71 bits per heavy atom. The standard InChI is InChI=1S/C28H43N3O3/c1-3-31(28(33)34-21-23-10-6-4-7-11-23)26-14-16-29(17-15-26)19-25-20-30(18-22(25)2)27(32)24-12-8-5-9-13-24/h4,6-7,10-11,22,24-26H,3,5,8-9,12-21H2,1-2H3/t22?,25-/m0/s1. The zero-order chi connectivity index (χ0) is 23.9. The van der Waals surface area contributed by atoms with E-state index in [-0.39, 0.29) is 18.1 Å². The molecule has 6 nitrogen and oxygen atoms in total. The fourth-order valence-electron chi connectivity index (χ4n) is 6.14. The summed E-state index contributed by atoms with van der Waals surface area (Å²) in [5.74, 6) is 1.81. The summed E-state index contributed by atoms with van der Waals surface area (Å²) in [7, 11) is 0. The van der Waals surface area contributed by atoms with Crippen molar-refractivity contribution in [1.82, 2.24) is 14.7 Å². The van der Waals surface area contributed by atoms with Gasteiger partial charge in [0.2, 0.25) is 5.91 Å². The zero-order valence-electron chi connectivity index (χ0n) is 21.2. The van der Waals surface area contributed by atoms with Crippen molar-refractivity contribution in [2.75, 3.05) is 39.3 Å². The second-order valence-electron chi connectivity index (χ2n) is 10.7. The Hall–Kier alpha value is -2.08. The number of hydrogen-bond acceptors (Lipinski definition) is 4. The third-order valence-corrected chi connectivity index (χ3v) is 8.31. The number of rotatable bonds is 7. The monoisotopic (exact) mass is 469 g/mol. The average molecular weight is 470 g/mol. The molecule has 0 bridgehead atoms. The van der Waals surface area contributed by atoms with Crippen LogP contribution in [0, 0.1) is 17.8 Å². The Morgan fingerprint density at radius 1 is 1.00 bits per heavy atom. The molecule has 34 heavy (non-hydrogen) atoms. The van der Waals surface area contributed by atoms with Gasteiger partial charge in [0, 0.05) is 51.2 Å². The molecule has 2 saturated heterocycles. The molecule has 3 fully saturated rings. The van der Waals surface area contributed by atoms with Gasteiger partial charge in [-0.25, -0.2) is 4.79 Å². The first-order valence-electron chi connectivity index (χ1n) is 13.5. The van der Waals surface area contributed by atoms with Crippen molar-refractivity contribution >= 4 is 12.0 Å². The summed E-state index contributed by atoms with van der Waals surface area (Å²) < 4.78 is 5.60. The normalized spacial score (nSPS) is 24.8. The minimum Gasteiger partial charge on any atom is -0.445 e. The molecule has 1 aromatic rings. The van der Waals surface area contributed by atoms with E-state index in [1.165, 1.54) is 19.3 Å². The van der Waals surface area contributed by atoms with E-state index in [0.717, 1.165) is 64.0 Å². The van der Waals surface area contributed by atoms with Gasteiger partial charge in [0.1, 0.15) is 6.61 Å². The highest BCUT2D eigenvalue weighted by Crippen LogP contribution is 2.31. The van der Waals surface area contributed by atoms with E-state index >= 15 is 0 Å². The van der Waals surface area contributed by atoms with Gasteiger partial charge >= 0.3 is 6.09 Å². The Labute approximate surface area is 205 Å². The molecule has 4 rings (SSSR count). The summed E-state index contributed by atoms with van der Waals surface area (Å²) in [5.41, 5.74) is 1.02. The number of nitrogens with zero attached hydrogens (tertiary/aromatic N) is 3. The van der Waals surface area contributed by atoms with E-state index < -0.39 is 0 Å². The van der Waals surface area contributed by atoms with Crippen LogP contribution < -0.4 is 0 Å². The fourth-order valence-corrected chi connectivity index (χ4v) is 6.14.